The summed E-state index contributed by atoms with van der Waals surface area (Å²) in [6.07, 6.45) is 0. The van der Waals surface area contributed by atoms with E-state index in [1.54, 1.807) is 12.1 Å². The first-order valence-corrected chi connectivity index (χ1v) is 6.16. The average Bonchev–Trinajstić information content (AvgIpc) is 2.40. The van der Waals surface area contributed by atoms with Crippen molar-refractivity contribution in [1.29, 1.82) is 0 Å². The predicted molar refractivity (Wildman–Crippen MR) is 54.9 cm³/mol. The number of rotatable bonds is 1. The van der Waals surface area contributed by atoms with Gasteiger partial charge in [-0.05, 0) is 25.7 Å². The molecule has 0 spiro atoms. The van der Waals surface area contributed by atoms with Gasteiger partial charge in [-0.2, -0.15) is 0 Å². The van der Waals surface area contributed by atoms with Crippen LogP contribution in [0.25, 0.3) is 0 Å². The zero-order valence-corrected chi connectivity index (χ0v) is 9.08. The Hall–Kier alpha value is -0.870. The van der Waals surface area contributed by atoms with E-state index in [4.69, 9.17) is 0 Å². The average molecular weight is 211 g/mol. The van der Waals surface area contributed by atoms with Gasteiger partial charge in [0.1, 0.15) is 0 Å². The van der Waals surface area contributed by atoms with Crippen LogP contribution in [0.1, 0.15) is 11.6 Å². The predicted octanol–water partition coefficient (Wildman–Crippen LogP) is 1.08. The van der Waals surface area contributed by atoms with Gasteiger partial charge in [0.25, 0.3) is 0 Å². The fraction of sp³-hybridized carbons (Fsp3) is 0.400. The highest BCUT2D eigenvalue weighted by Crippen LogP contribution is 2.35. The van der Waals surface area contributed by atoms with Gasteiger partial charge < -0.3 is 4.90 Å². The molecule has 0 N–H and O–H groups in total. The molecule has 0 bridgehead atoms. The van der Waals surface area contributed by atoms with Crippen LogP contribution in [0.15, 0.2) is 29.2 Å². The number of hydrogen-bond donors (Lipinski definition) is 0. The molecule has 76 valence electrons. The van der Waals surface area contributed by atoms with E-state index in [0.29, 0.717) is 4.90 Å². The topological polar surface area (TPSA) is 37.4 Å². The van der Waals surface area contributed by atoms with Crippen LogP contribution in [0.5, 0.6) is 0 Å². The summed E-state index contributed by atoms with van der Waals surface area (Å²) >= 11 is 0. The second-order valence-electron chi connectivity index (χ2n) is 3.80. The largest absolute Gasteiger partial charge is 0.301 e. The van der Waals surface area contributed by atoms with E-state index >= 15 is 0 Å². The molecule has 1 aromatic rings. The zero-order valence-electron chi connectivity index (χ0n) is 8.27. The highest BCUT2D eigenvalue weighted by Gasteiger charge is 2.35. The summed E-state index contributed by atoms with van der Waals surface area (Å²) in [5.74, 6) is 0.208. The molecule has 0 saturated heterocycles. The molecule has 0 saturated carbocycles. The lowest BCUT2D eigenvalue weighted by Crippen LogP contribution is -2.21. The SMILES string of the molecule is CN(C)C1CS(=O)(=O)c2ccccc21. The molecule has 0 amide bonds. The first kappa shape index (κ1) is 9.68. The highest BCUT2D eigenvalue weighted by molar-refractivity contribution is 7.91. The van der Waals surface area contributed by atoms with Crippen LogP contribution in [-0.2, 0) is 9.84 Å². The van der Waals surface area contributed by atoms with Crippen molar-refractivity contribution in [2.24, 2.45) is 0 Å². The van der Waals surface area contributed by atoms with Crippen LogP contribution in [-0.4, -0.2) is 33.2 Å². The van der Waals surface area contributed by atoms with Crippen LogP contribution in [0.3, 0.4) is 0 Å². The maximum Gasteiger partial charge on any atom is 0.180 e. The molecule has 14 heavy (non-hydrogen) atoms. The van der Waals surface area contributed by atoms with Crippen molar-refractivity contribution in [2.45, 2.75) is 10.9 Å². The van der Waals surface area contributed by atoms with E-state index in [-0.39, 0.29) is 11.8 Å². The summed E-state index contributed by atoms with van der Waals surface area (Å²) < 4.78 is 23.5. The Balaban J connectivity index is 2.61. The quantitative estimate of drug-likeness (QED) is 0.697. The van der Waals surface area contributed by atoms with Crippen molar-refractivity contribution in [3.63, 3.8) is 0 Å². The number of nitrogens with zero attached hydrogens (tertiary/aromatic N) is 1. The van der Waals surface area contributed by atoms with Crippen molar-refractivity contribution in [2.75, 3.05) is 19.8 Å². The molecule has 1 heterocycles. The van der Waals surface area contributed by atoms with Gasteiger partial charge >= 0.3 is 0 Å². The number of hydrogen-bond acceptors (Lipinski definition) is 3. The smallest absolute Gasteiger partial charge is 0.180 e. The molecule has 1 atom stereocenters. The summed E-state index contributed by atoms with van der Waals surface area (Å²) in [6.45, 7) is 0. The molecule has 0 aromatic heterocycles. The van der Waals surface area contributed by atoms with Crippen molar-refractivity contribution in [3.05, 3.63) is 29.8 Å². The molecule has 1 aromatic carbocycles. The Kier molecular flexibility index (Phi) is 2.12. The fourth-order valence-corrected chi connectivity index (χ4v) is 3.78. The number of benzene rings is 1. The van der Waals surface area contributed by atoms with E-state index in [2.05, 4.69) is 0 Å². The maximum atomic E-state index is 11.7. The minimum Gasteiger partial charge on any atom is -0.301 e. The summed E-state index contributed by atoms with van der Waals surface area (Å²) in [4.78, 5) is 2.45. The van der Waals surface area contributed by atoms with E-state index in [9.17, 15) is 8.42 Å². The number of sulfone groups is 1. The van der Waals surface area contributed by atoms with Gasteiger partial charge in [0.2, 0.25) is 0 Å². The van der Waals surface area contributed by atoms with E-state index in [1.807, 2.05) is 31.1 Å². The van der Waals surface area contributed by atoms with Crippen LogP contribution in [0.2, 0.25) is 0 Å². The Bertz CT molecular complexity index is 451. The van der Waals surface area contributed by atoms with Gasteiger partial charge in [-0.25, -0.2) is 8.42 Å². The molecule has 0 aliphatic carbocycles. The van der Waals surface area contributed by atoms with Crippen LogP contribution >= 0.6 is 0 Å². The Labute approximate surface area is 84.3 Å². The Morgan fingerprint density at radius 3 is 2.57 bits per heavy atom. The van der Waals surface area contributed by atoms with Gasteiger partial charge in [0, 0.05) is 6.04 Å². The molecule has 3 nitrogen and oxygen atoms in total. The van der Waals surface area contributed by atoms with Gasteiger partial charge in [-0.1, -0.05) is 18.2 Å². The van der Waals surface area contributed by atoms with Crippen LogP contribution in [0, 0.1) is 0 Å². The van der Waals surface area contributed by atoms with Gasteiger partial charge in [0.05, 0.1) is 10.6 Å². The lowest BCUT2D eigenvalue weighted by Gasteiger charge is -2.18. The minimum atomic E-state index is -3.04. The zero-order chi connectivity index (χ0) is 10.3. The number of fused-ring (bicyclic) bond motifs is 1. The van der Waals surface area contributed by atoms with Crippen molar-refractivity contribution < 1.29 is 8.42 Å². The third-order valence-electron chi connectivity index (χ3n) is 2.61. The third-order valence-corrected chi connectivity index (χ3v) is 4.41. The monoisotopic (exact) mass is 211 g/mol. The summed E-state index contributed by atoms with van der Waals surface area (Å²) in [6, 6.07) is 7.25. The second kappa shape index (κ2) is 3.07. The first-order chi connectivity index (χ1) is 6.52. The van der Waals surface area contributed by atoms with E-state index in [1.165, 1.54) is 0 Å². The van der Waals surface area contributed by atoms with E-state index in [0.717, 1.165) is 5.56 Å². The standard InChI is InChI=1S/C10H13NO2S/c1-11(2)9-7-14(12,13)10-6-4-3-5-8(9)10/h3-6,9H,7H2,1-2H3. The molecule has 0 fully saturated rings. The van der Waals surface area contributed by atoms with Crippen LogP contribution in [0.4, 0.5) is 0 Å². The second-order valence-corrected chi connectivity index (χ2v) is 5.80. The van der Waals surface area contributed by atoms with Gasteiger partial charge in [-0.3, -0.25) is 0 Å². The lowest BCUT2D eigenvalue weighted by atomic mass is 10.1. The van der Waals surface area contributed by atoms with Gasteiger partial charge in [-0.15, -0.1) is 0 Å². The molecular formula is C10H13NO2S. The Morgan fingerprint density at radius 1 is 1.29 bits per heavy atom. The maximum absolute atomic E-state index is 11.7. The molecule has 2 rings (SSSR count). The Morgan fingerprint density at radius 2 is 1.93 bits per heavy atom. The molecule has 1 aliphatic heterocycles. The first-order valence-electron chi connectivity index (χ1n) is 4.50. The third kappa shape index (κ3) is 1.35. The van der Waals surface area contributed by atoms with Gasteiger partial charge in [0.15, 0.2) is 9.84 Å². The molecular weight excluding hydrogens is 198 g/mol. The summed E-state index contributed by atoms with van der Waals surface area (Å²) in [5, 5.41) is 0. The molecule has 0 radical (unpaired) electrons. The van der Waals surface area contributed by atoms with Crippen molar-refractivity contribution in [1.82, 2.24) is 4.90 Å². The molecule has 4 heteroatoms. The molecule has 1 aliphatic rings. The normalized spacial score (nSPS) is 23.8. The van der Waals surface area contributed by atoms with E-state index < -0.39 is 9.84 Å². The fourth-order valence-electron chi connectivity index (χ4n) is 1.85. The highest BCUT2D eigenvalue weighted by atomic mass is 32.2. The minimum absolute atomic E-state index is 0.0104. The summed E-state index contributed by atoms with van der Waals surface area (Å²) in [7, 11) is 0.769. The summed E-state index contributed by atoms with van der Waals surface area (Å²) in [5.41, 5.74) is 0.928. The van der Waals surface area contributed by atoms with Crippen molar-refractivity contribution >= 4 is 9.84 Å². The molecule has 1 unspecified atom stereocenters. The van der Waals surface area contributed by atoms with Crippen molar-refractivity contribution in [3.8, 4) is 0 Å². The lowest BCUT2D eigenvalue weighted by molar-refractivity contribution is 0.325. The van der Waals surface area contributed by atoms with Crippen LogP contribution < -0.4 is 0 Å².